The van der Waals surface area contributed by atoms with Gasteiger partial charge in [0.15, 0.2) is 0 Å². The number of amides is 5. The van der Waals surface area contributed by atoms with Gasteiger partial charge in [0, 0.05) is 91.0 Å². The summed E-state index contributed by atoms with van der Waals surface area (Å²) >= 11 is 1.23. The second-order valence-electron chi connectivity index (χ2n) is 23.0. The van der Waals surface area contributed by atoms with E-state index < -0.39 is 23.1 Å². The summed E-state index contributed by atoms with van der Waals surface area (Å²) in [5.74, 6) is -1.73. The van der Waals surface area contributed by atoms with Crippen LogP contribution in [0.5, 0.6) is 0 Å². The van der Waals surface area contributed by atoms with E-state index in [2.05, 4.69) is 24.5 Å². The fraction of sp³-hybridized carbons (Fsp3) is 0.881. The molecule has 26 heteroatoms. The summed E-state index contributed by atoms with van der Waals surface area (Å²) in [7, 11) is 7.03. The van der Waals surface area contributed by atoms with Crippen LogP contribution in [0.2, 0.25) is 0 Å². The number of ketones is 3. The van der Waals surface area contributed by atoms with Crippen LogP contribution in [0.15, 0.2) is 0 Å². The molecule has 1 rings (SSSR count). The van der Waals surface area contributed by atoms with E-state index in [4.69, 9.17) is 62.6 Å². The van der Waals surface area contributed by atoms with Gasteiger partial charge in [-0.3, -0.25) is 43.3 Å². The number of ether oxygens (including phenoxy) is 12. The SMILES string of the molecule is CCCCCCCCCCCC(=O)NC(CCCCCC(=O)CCOCCOCCOCCOCCOCCOC)C(N)=O.CCCOCCOCCOCCOCCOCCOCCCC(=O)CCN1C(=O)CC(SC[C@H](CC(=O)CCCN(C)C)C(=O)NC)C1=O. The highest BCUT2D eigenvalue weighted by atomic mass is 32.2. The summed E-state index contributed by atoms with van der Waals surface area (Å²) in [6.07, 6.45) is 17.9. The highest BCUT2D eigenvalue weighted by Gasteiger charge is 2.39. The standard InChI is InChI=1S/C34H61N3O11S.C33H64N2O9/c1-5-13-43-15-17-45-19-21-47-23-24-48-22-20-46-18-16-44-14-7-9-29(38)10-12-37-32(40)26-31(34(37)42)49-27-28(33(41)35-2)25-30(39)8-6-11-36(3)4;1-3-4-5-6-7-8-9-10-14-17-32(37)35-31(33(34)38)16-13-11-12-15-30(36)18-19-40-22-23-42-26-27-44-29-28-43-25-24-41-21-20-39-2/h28,31H,5-27H2,1-4H3,(H,35,41);31H,3-29H2,1-2H3,(H2,34,38)(H,35,37)/t28-,31?;/m0./s1. The number of Topliss-reactive ketones (excluding diaryl/α,β-unsaturated/α-hetero) is 3. The quantitative estimate of drug-likeness (QED) is 0.0446. The highest BCUT2D eigenvalue weighted by Crippen LogP contribution is 2.28. The maximum Gasteiger partial charge on any atom is 0.242 e. The van der Waals surface area contributed by atoms with Gasteiger partial charge in [0.2, 0.25) is 29.5 Å². The second kappa shape index (κ2) is 67.0. The molecule has 0 aliphatic carbocycles. The first-order valence-electron chi connectivity index (χ1n) is 34.5. The van der Waals surface area contributed by atoms with Crippen LogP contribution in [0.4, 0.5) is 0 Å². The zero-order valence-electron chi connectivity index (χ0n) is 58.1. The number of nitrogens with zero attached hydrogens (tertiary/aromatic N) is 2. The molecule has 1 fully saturated rings. The maximum absolute atomic E-state index is 12.9. The van der Waals surface area contributed by atoms with Gasteiger partial charge in [-0.1, -0.05) is 78.1 Å². The Hall–Kier alpha value is -3.61. The topological polar surface area (TPSA) is 304 Å². The Morgan fingerprint density at radius 3 is 1.42 bits per heavy atom. The molecule has 25 nitrogen and oxygen atoms in total. The van der Waals surface area contributed by atoms with Gasteiger partial charge < -0.3 is 78.1 Å². The van der Waals surface area contributed by atoms with Crippen molar-refractivity contribution >= 4 is 58.6 Å². The minimum absolute atomic E-state index is 0.00459. The van der Waals surface area contributed by atoms with Crippen molar-refractivity contribution in [1.82, 2.24) is 20.4 Å². The van der Waals surface area contributed by atoms with Crippen LogP contribution in [0.1, 0.15) is 168 Å². The van der Waals surface area contributed by atoms with Crippen LogP contribution in [0.3, 0.4) is 0 Å². The zero-order chi connectivity index (χ0) is 68.5. The molecule has 2 unspecified atom stereocenters. The van der Waals surface area contributed by atoms with Gasteiger partial charge in [-0.15, -0.1) is 11.8 Å². The zero-order valence-corrected chi connectivity index (χ0v) is 58.9. The molecule has 0 bridgehead atoms. The number of primary amides is 1. The number of nitrogens with one attached hydrogen (secondary N) is 2. The van der Waals surface area contributed by atoms with Crippen LogP contribution in [-0.2, 0) is 95.2 Å². The average Bonchev–Trinajstić information content (AvgIpc) is 1.87. The largest absolute Gasteiger partial charge is 0.382 e. The fourth-order valence-corrected chi connectivity index (χ4v) is 10.4. The van der Waals surface area contributed by atoms with E-state index in [0.717, 1.165) is 63.0 Å². The van der Waals surface area contributed by atoms with Crippen LogP contribution in [0.25, 0.3) is 0 Å². The molecule has 1 aliphatic heterocycles. The van der Waals surface area contributed by atoms with Crippen LogP contribution < -0.4 is 16.4 Å². The van der Waals surface area contributed by atoms with E-state index >= 15 is 0 Å². The molecule has 93 heavy (non-hydrogen) atoms. The molecule has 4 N–H and O–H groups in total. The minimum atomic E-state index is -0.644. The summed E-state index contributed by atoms with van der Waals surface area (Å²) < 4.78 is 64.6. The number of hydrogen-bond donors (Lipinski definition) is 3. The predicted octanol–water partition coefficient (Wildman–Crippen LogP) is 6.28. The molecular formula is C67H125N5O20S. The molecule has 0 aromatic rings. The number of carbonyl (C=O) groups excluding carboxylic acids is 8. The number of nitrogens with two attached hydrogens (primary N) is 1. The normalized spacial score (nSPS) is 13.8. The van der Waals surface area contributed by atoms with E-state index in [0.29, 0.717) is 197 Å². The average molecular weight is 1350 g/mol. The number of thioether (sulfide) groups is 1. The number of carbonyl (C=O) groups is 8. The first-order valence-corrected chi connectivity index (χ1v) is 35.5. The van der Waals surface area contributed by atoms with Crippen molar-refractivity contribution in [2.45, 2.75) is 179 Å². The summed E-state index contributed by atoms with van der Waals surface area (Å²) in [4.78, 5) is 102. The Balaban J connectivity index is 0.00000183. The summed E-state index contributed by atoms with van der Waals surface area (Å²) in [6.45, 7) is 16.6. The number of methoxy groups -OCH3 is 1. The molecule has 0 aromatic heterocycles. The van der Waals surface area contributed by atoms with Crippen molar-refractivity contribution in [3.8, 4) is 0 Å². The molecule has 1 aliphatic rings. The molecule has 0 saturated carbocycles. The number of rotatable bonds is 70. The monoisotopic (exact) mass is 1350 g/mol. The van der Waals surface area contributed by atoms with Crippen molar-refractivity contribution < 1.29 is 95.2 Å². The Labute approximate surface area is 562 Å². The third-order valence-corrected chi connectivity index (χ3v) is 15.9. The molecule has 0 aromatic carbocycles. The molecule has 1 heterocycles. The van der Waals surface area contributed by atoms with E-state index in [1.807, 2.05) is 19.0 Å². The smallest absolute Gasteiger partial charge is 0.242 e. The second-order valence-corrected chi connectivity index (χ2v) is 24.2. The Morgan fingerprint density at radius 2 is 0.935 bits per heavy atom. The molecule has 3 atom stereocenters. The van der Waals surface area contributed by atoms with Crippen molar-refractivity contribution in [3.63, 3.8) is 0 Å². The van der Waals surface area contributed by atoms with Crippen molar-refractivity contribution in [2.24, 2.45) is 11.7 Å². The third-order valence-electron chi connectivity index (χ3n) is 14.5. The van der Waals surface area contributed by atoms with E-state index in [9.17, 15) is 38.4 Å². The molecule has 0 radical (unpaired) electrons. The molecular weight excluding hydrogens is 1230 g/mol. The van der Waals surface area contributed by atoms with Crippen LogP contribution in [-0.4, -0.2) is 267 Å². The van der Waals surface area contributed by atoms with Gasteiger partial charge in [-0.2, -0.15) is 0 Å². The molecule has 544 valence electrons. The van der Waals surface area contributed by atoms with Crippen LogP contribution in [0, 0.1) is 5.92 Å². The van der Waals surface area contributed by atoms with Gasteiger partial charge >= 0.3 is 0 Å². The van der Waals surface area contributed by atoms with E-state index in [1.165, 1.54) is 57.3 Å². The lowest BCUT2D eigenvalue weighted by Crippen LogP contribution is -2.44. The predicted molar refractivity (Wildman–Crippen MR) is 358 cm³/mol. The third kappa shape index (κ3) is 58.3. The number of imide groups is 1. The van der Waals surface area contributed by atoms with Crippen molar-refractivity contribution in [2.75, 3.05) is 199 Å². The Bertz CT molecular complexity index is 1860. The van der Waals surface area contributed by atoms with Gasteiger partial charge in [0.05, 0.1) is 150 Å². The molecule has 0 spiro atoms. The first-order chi connectivity index (χ1) is 45.2. The lowest BCUT2D eigenvalue weighted by atomic mass is 10.0. The molecule has 1 saturated heterocycles. The Morgan fingerprint density at radius 1 is 0.505 bits per heavy atom. The summed E-state index contributed by atoms with van der Waals surface area (Å²) in [5, 5.41) is 4.77. The van der Waals surface area contributed by atoms with Crippen molar-refractivity contribution in [1.29, 1.82) is 0 Å². The van der Waals surface area contributed by atoms with E-state index in [1.54, 1.807) is 7.11 Å². The van der Waals surface area contributed by atoms with E-state index in [-0.39, 0.29) is 72.5 Å². The van der Waals surface area contributed by atoms with Gasteiger partial charge in [0.25, 0.3) is 0 Å². The summed E-state index contributed by atoms with van der Waals surface area (Å²) in [6, 6.07) is -0.644. The lowest BCUT2D eigenvalue weighted by Gasteiger charge is -2.17. The van der Waals surface area contributed by atoms with Crippen LogP contribution >= 0.6 is 11.8 Å². The summed E-state index contributed by atoms with van der Waals surface area (Å²) in [5.41, 5.74) is 5.50. The molecule has 5 amide bonds. The highest BCUT2D eigenvalue weighted by molar-refractivity contribution is 8.00. The van der Waals surface area contributed by atoms with Crippen molar-refractivity contribution in [3.05, 3.63) is 0 Å². The first kappa shape index (κ1) is 89.4. The van der Waals surface area contributed by atoms with Gasteiger partial charge in [-0.25, -0.2) is 0 Å². The fourth-order valence-electron chi connectivity index (χ4n) is 9.16. The maximum atomic E-state index is 12.9. The lowest BCUT2D eigenvalue weighted by molar-refractivity contribution is -0.138. The van der Waals surface area contributed by atoms with Gasteiger partial charge in [0.1, 0.15) is 23.4 Å². The minimum Gasteiger partial charge on any atom is -0.382 e. The number of hydrogen-bond acceptors (Lipinski definition) is 22. The number of unbranched alkanes of at least 4 members (excludes halogenated alkanes) is 10. The number of likely N-dealkylation sites (tertiary alicyclic amines) is 1. The Kier molecular flexibility index (Phi) is 64.4. The van der Waals surface area contributed by atoms with Gasteiger partial charge in [-0.05, 0) is 59.2 Å².